The van der Waals surface area contributed by atoms with Crippen molar-refractivity contribution in [2.45, 2.75) is 5.51 Å². The van der Waals surface area contributed by atoms with Crippen molar-refractivity contribution in [3.63, 3.8) is 0 Å². The lowest BCUT2D eigenvalue weighted by Crippen LogP contribution is -2.21. The molecule has 17 heavy (non-hydrogen) atoms. The minimum absolute atomic E-state index is 0.0971. The van der Waals surface area contributed by atoms with Gasteiger partial charge in [-0.2, -0.15) is 21.6 Å². The van der Waals surface area contributed by atoms with Crippen molar-refractivity contribution in [3.05, 3.63) is 33.4 Å². The van der Waals surface area contributed by atoms with E-state index in [2.05, 4.69) is 4.40 Å². The number of nitrogens with zero attached hydrogens (tertiary/aromatic N) is 1. The average Bonchev–Trinajstić information content (AvgIpc) is 2.16. The lowest BCUT2D eigenvalue weighted by atomic mass is 10.2. The van der Waals surface area contributed by atoms with Crippen LogP contribution in [0, 0.1) is 3.57 Å². The third-order valence-corrected chi connectivity index (χ3v) is 3.71. The molecule has 0 unspecified atom stereocenters. The Balaban J connectivity index is 3.14. The molecule has 0 radical (unpaired) electrons. The number of alkyl halides is 3. The van der Waals surface area contributed by atoms with E-state index in [9.17, 15) is 21.6 Å². The van der Waals surface area contributed by atoms with Crippen molar-refractivity contribution < 1.29 is 21.6 Å². The van der Waals surface area contributed by atoms with E-state index in [1.54, 1.807) is 12.1 Å². The predicted molar refractivity (Wildman–Crippen MR) is 66.5 cm³/mol. The Morgan fingerprint density at radius 1 is 1.24 bits per heavy atom. The van der Waals surface area contributed by atoms with Crippen LogP contribution in [0.3, 0.4) is 0 Å². The van der Waals surface area contributed by atoms with E-state index in [0.717, 1.165) is 3.57 Å². The molecule has 0 saturated carbocycles. The standard InChI is InChI=1S/C8H4ClF3INO2S/c9-7(5-1-3-6(13)4-2-5)14-17(15,16)8(10,11)12/h1-4H. The summed E-state index contributed by atoms with van der Waals surface area (Å²) in [6.45, 7) is 0. The molecule has 94 valence electrons. The van der Waals surface area contributed by atoms with Gasteiger partial charge in [0.25, 0.3) is 0 Å². The normalized spacial score (nSPS) is 13.8. The van der Waals surface area contributed by atoms with Crippen LogP contribution in [0.2, 0.25) is 0 Å². The summed E-state index contributed by atoms with van der Waals surface area (Å²) in [5.74, 6) is 0. The molecule has 0 atom stereocenters. The lowest BCUT2D eigenvalue weighted by molar-refractivity contribution is -0.0435. The van der Waals surface area contributed by atoms with E-state index in [4.69, 9.17) is 11.6 Å². The van der Waals surface area contributed by atoms with Crippen LogP contribution in [0.1, 0.15) is 5.56 Å². The zero-order chi connectivity index (χ0) is 13.3. The summed E-state index contributed by atoms with van der Waals surface area (Å²) in [6.07, 6.45) is 0. The summed E-state index contributed by atoms with van der Waals surface area (Å²) in [5.41, 5.74) is -5.35. The molecular formula is C8H4ClF3INO2S. The number of rotatable bonds is 2. The van der Waals surface area contributed by atoms with Crippen molar-refractivity contribution in [3.8, 4) is 0 Å². The molecule has 0 fully saturated rings. The molecule has 0 aromatic heterocycles. The third kappa shape index (κ3) is 3.81. The first-order valence-corrected chi connectivity index (χ1v) is 6.86. The lowest BCUT2D eigenvalue weighted by Gasteiger charge is -2.04. The molecule has 0 aliphatic heterocycles. The van der Waals surface area contributed by atoms with Crippen molar-refractivity contribution >= 4 is 49.4 Å². The van der Waals surface area contributed by atoms with Crippen LogP contribution in [-0.4, -0.2) is 19.1 Å². The highest BCUT2D eigenvalue weighted by molar-refractivity contribution is 14.1. The minimum atomic E-state index is -5.60. The van der Waals surface area contributed by atoms with Crippen LogP contribution in [0.4, 0.5) is 13.2 Å². The maximum absolute atomic E-state index is 12.0. The summed E-state index contributed by atoms with van der Waals surface area (Å²) in [7, 11) is -5.60. The molecule has 0 bridgehead atoms. The molecular weight excluding hydrogens is 394 g/mol. The molecule has 0 heterocycles. The quantitative estimate of drug-likeness (QED) is 0.569. The van der Waals surface area contributed by atoms with E-state index >= 15 is 0 Å². The van der Waals surface area contributed by atoms with Crippen LogP contribution >= 0.6 is 34.2 Å². The fourth-order valence-corrected chi connectivity index (χ4v) is 1.98. The topological polar surface area (TPSA) is 46.5 Å². The van der Waals surface area contributed by atoms with Gasteiger partial charge in [-0.1, -0.05) is 23.7 Å². The van der Waals surface area contributed by atoms with Gasteiger partial charge in [0, 0.05) is 9.13 Å². The third-order valence-electron chi connectivity index (χ3n) is 1.58. The Labute approximate surface area is 114 Å². The van der Waals surface area contributed by atoms with E-state index in [1.807, 2.05) is 22.6 Å². The summed E-state index contributed by atoms with van der Waals surface area (Å²) < 4.78 is 60.8. The molecule has 0 aliphatic carbocycles. The van der Waals surface area contributed by atoms with Gasteiger partial charge >= 0.3 is 15.5 Å². The molecule has 1 aromatic rings. The molecule has 0 aliphatic rings. The van der Waals surface area contributed by atoms with E-state index in [1.165, 1.54) is 12.1 Å². The van der Waals surface area contributed by atoms with Gasteiger partial charge < -0.3 is 0 Å². The second kappa shape index (κ2) is 5.11. The van der Waals surface area contributed by atoms with E-state index < -0.39 is 20.7 Å². The SMILES string of the molecule is O=S(=O)(N=C(Cl)c1ccc(I)cc1)C(F)(F)F. The van der Waals surface area contributed by atoms with Crippen molar-refractivity contribution in [1.82, 2.24) is 0 Å². The Morgan fingerprint density at radius 3 is 2.12 bits per heavy atom. The Bertz CT molecular complexity index is 539. The zero-order valence-corrected chi connectivity index (χ0v) is 11.6. The fourth-order valence-electron chi connectivity index (χ4n) is 0.797. The monoisotopic (exact) mass is 397 g/mol. The van der Waals surface area contributed by atoms with Gasteiger partial charge in [0.15, 0.2) is 0 Å². The number of halogens is 5. The van der Waals surface area contributed by atoms with Gasteiger partial charge in [-0.15, -0.1) is 4.40 Å². The molecule has 0 N–H and O–H groups in total. The molecule has 0 saturated heterocycles. The first-order valence-electron chi connectivity index (χ1n) is 3.96. The Hall–Kier alpha value is -0.350. The van der Waals surface area contributed by atoms with Gasteiger partial charge in [-0.25, -0.2) is 0 Å². The van der Waals surface area contributed by atoms with Crippen molar-refractivity contribution in [2.75, 3.05) is 0 Å². The maximum atomic E-state index is 12.0. The fraction of sp³-hybridized carbons (Fsp3) is 0.125. The largest absolute Gasteiger partial charge is 0.518 e. The first kappa shape index (κ1) is 14.7. The van der Waals surface area contributed by atoms with Crippen LogP contribution < -0.4 is 0 Å². The molecule has 0 amide bonds. The summed E-state index contributed by atoms with van der Waals surface area (Å²) >= 11 is 7.40. The molecule has 1 aromatic carbocycles. The van der Waals surface area contributed by atoms with Gasteiger partial charge in [0.1, 0.15) is 5.17 Å². The van der Waals surface area contributed by atoms with Gasteiger partial charge in [0.2, 0.25) is 0 Å². The van der Waals surface area contributed by atoms with Crippen LogP contribution in [-0.2, 0) is 10.0 Å². The van der Waals surface area contributed by atoms with E-state index in [0.29, 0.717) is 0 Å². The van der Waals surface area contributed by atoms with Crippen molar-refractivity contribution in [2.24, 2.45) is 4.40 Å². The first-order chi connectivity index (χ1) is 7.63. The number of hydrogen-bond donors (Lipinski definition) is 0. The summed E-state index contributed by atoms with van der Waals surface area (Å²) in [5, 5.41) is -0.723. The number of hydrogen-bond acceptors (Lipinski definition) is 2. The number of benzene rings is 1. The van der Waals surface area contributed by atoms with E-state index in [-0.39, 0.29) is 5.56 Å². The summed E-state index contributed by atoms with van der Waals surface area (Å²) in [4.78, 5) is 0. The van der Waals surface area contributed by atoms with Gasteiger partial charge in [-0.3, -0.25) is 0 Å². The second-order valence-electron chi connectivity index (χ2n) is 2.81. The molecule has 9 heteroatoms. The smallest absolute Gasteiger partial charge is 0.195 e. The highest BCUT2D eigenvalue weighted by atomic mass is 127. The van der Waals surface area contributed by atoms with Gasteiger partial charge in [-0.05, 0) is 34.7 Å². The Morgan fingerprint density at radius 2 is 1.71 bits per heavy atom. The predicted octanol–water partition coefficient (Wildman–Crippen LogP) is 3.13. The molecule has 3 nitrogen and oxygen atoms in total. The van der Waals surface area contributed by atoms with Crippen LogP contribution in [0.25, 0.3) is 0 Å². The molecule has 1 rings (SSSR count). The van der Waals surface area contributed by atoms with Crippen LogP contribution in [0.15, 0.2) is 28.7 Å². The van der Waals surface area contributed by atoms with Crippen LogP contribution in [0.5, 0.6) is 0 Å². The summed E-state index contributed by atoms with van der Waals surface area (Å²) in [6, 6.07) is 5.88. The average molecular weight is 398 g/mol. The number of sulfonamides is 1. The van der Waals surface area contributed by atoms with Gasteiger partial charge in [0.05, 0.1) is 0 Å². The van der Waals surface area contributed by atoms with Crippen molar-refractivity contribution in [1.29, 1.82) is 0 Å². The highest BCUT2D eigenvalue weighted by Gasteiger charge is 2.46. The minimum Gasteiger partial charge on any atom is -0.195 e. The highest BCUT2D eigenvalue weighted by Crippen LogP contribution is 2.25. The maximum Gasteiger partial charge on any atom is 0.518 e. The molecule has 0 spiro atoms. The Kier molecular flexibility index (Phi) is 4.42. The second-order valence-corrected chi connectivity index (χ2v) is 6.01. The zero-order valence-electron chi connectivity index (χ0n) is 7.87.